The Morgan fingerprint density at radius 3 is 2.48 bits per heavy atom. The molecule has 27 heavy (non-hydrogen) atoms. The zero-order valence-electron chi connectivity index (χ0n) is 15.9. The summed E-state index contributed by atoms with van der Waals surface area (Å²) in [6.07, 6.45) is 1.74. The molecule has 1 saturated heterocycles. The third-order valence-corrected chi connectivity index (χ3v) is 6.61. The van der Waals surface area contributed by atoms with Crippen molar-refractivity contribution in [2.45, 2.75) is 32.4 Å². The Bertz CT molecular complexity index is 910. The molecule has 0 bridgehead atoms. The Balaban J connectivity index is 1.65. The van der Waals surface area contributed by atoms with Crippen molar-refractivity contribution in [3.05, 3.63) is 53.1 Å². The van der Waals surface area contributed by atoms with Crippen LogP contribution in [-0.4, -0.2) is 48.9 Å². The Hall–Kier alpha value is -2.06. The molecule has 2 aromatic rings. The predicted molar refractivity (Wildman–Crippen MR) is 104 cm³/mol. The summed E-state index contributed by atoms with van der Waals surface area (Å²) in [5.41, 5.74) is 1.94. The lowest BCUT2D eigenvalue weighted by molar-refractivity contribution is 0.382. The summed E-state index contributed by atoms with van der Waals surface area (Å²) in [6.45, 7) is 7.60. The van der Waals surface area contributed by atoms with Gasteiger partial charge in [0.05, 0.1) is 5.75 Å². The summed E-state index contributed by atoms with van der Waals surface area (Å²) in [5, 5.41) is 0. The smallest absolute Gasteiger partial charge is 0.225 e. The molecule has 3 rings (SSSR count). The van der Waals surface area contributed by atoms with Gasteiger partial charge in [-0.25, -0.2) is 22.8 Å². The monoisotopic (exact) mass is 392 g/mol. The van der Waals surface area contributed by atoms with Crippen LogP contribution in [0.4, 0.5) is 10.3 Å². The van der Waals surface area contributed by atoms with Gasteiger partial charge in [0.2, 0.25) is 16.0 Å². The quantitative estimate of drug-likeness (QED) is 0.783. The zero-order valence-corrected chi connectivity index (χ0v) is 16.7. The van der Waals surface area contributed by atoms with Gasteiger partial charge in [0.15, 0.2) is 0 Å². The molecule has 146 valence electrons. The van der Waals surface area contributed by atoms with Crippen molar-refractivity contribution in [3.8, 4) is 0 Å². The van der Waals surface area contributed by atoms with Crippen LogP contribution in [0.2, 0.25) is 0 Å². The maximum Gasteiger partial charge on any atom is 0.225 e. The van der Waals surface area contributed by atoms with Crippen molar-refractivity contribution in [2.75, 3.05) is 31.1 Å². The van der Waals surface area contributed by atoms with Crippen LogP contribution in [0.25, 0.3) is 0 Å². The van der Waals surface area contributed by atoms with E-state index in [9.17, 15) is 12.8 Å². The molecule has 1 aliphatic rings. The Kier molecular flexibility index (Phi) is 5.76. The lowest BCUT2D eigenvalue weighted by Crippen LogP contribution is -2.49. The van der Waals surface area contributed by atoms with E-state index in [-0.39, 0.29) is 11.6 Å². The molecule has 0 N–H and O–H groups in total. The molecule has 1 aliphatic heterocycles. The molecule has 0 aliphatic carbocycles. The SMILES string of the molecule is Cc1ccc(CS(=O)(=O)N2CCN(c3nccc(C(C)C)n3)CC2)cc1F. The molecule has 0 atom stereocenters. The highest BCUT2D eigenvalue weighted by Crippen LogP contribution is 2.19. The standard InChI is InChI=1S/C19H25FN4O2S/c1-14(2)18-6-7-21-19(22-18)23-8-10-24(11-9-23)27(25,26)13-16-5-4-15(3)17(20)12-16/h4-7,12,14H,8-11,13H2,1-3H3. The molecular weight excluding hydrogens is 367 g/mol. The van der Waals surface area contributed by atoms with Crippen molar-refractivity contribution in [1.29, 1.82) is 0 Å². The first-order valence-corrected chi connectivity index (χ1v) is 10.7. The fourth-order valence-electron chi connectivity index (χ4n) is 3.03. The first kappa shape index (κ1) is 19.7. The van der Waals surface area contributed by atoms with Crippen LogP contribution in [-0.2, 0) is 15.8 Å². The van der Waals surface area contributed by atoms with Crippen molar-refractivity contribution < 1.29 is 12.8 Å². The van der Waals surface area contributed by atoms with Crippen LogP contribution in [0.3, 0.4) is 0 Å². The van der Waals surface area contributed by atoms with E-state index < -0.39 is 10.0 Å². The van der Waals surface area contributed by atoms with Gasteiger partial charge in [-0.15, -0.1) is 0 Å². The van der Waals surface area contributed by atoms with E-state index in [4.69, 9.17) is 0 Å². The van der Waals surface area contributed by atoms with E-state index in [0.29, 0.717) is 49.2 Å². The van der Waals surface area contributed by atoms with Crippen molar-refractivity contribution in [2.24, 2.45) is 0 Å². The summed E-state index contributed by atoms with van der Waals surface area (Å²) >= 11 is 0. The summed E-state index contributed by atoms with van der Waals surface area (Å²) in [4.78, 5) is 10.9. The molecule has 0 amide bonds. The fourth-order valence-corrected chi connectivity index (χ4v) is 4.53. The van der Waals surface area contributed by atoms with E-state index in [1.54, 1.807) is 25.3 Å². The fraction of sp³-hybridized carbons (Fsp3) is 0.474. The molecule has 0 saturated carbocycles. The molecule has 0 unspecified atom stereocenters. The van der Waals surface area contributed by atoms with Gasteiger partial charge in [-0.1, -0.05) is 26.0 Å². The highest BCUT2D eigenvalue weighted by atomic mass is 32.2. The maximum atomic E-state index is 13.7. The maximum absolute atomic E-state index is 13.7. The predicted octanol–water partition coefficient (Wildman–Crippen LogP) is 2.70. The van der Waals surface area contributed by atoms with Crippen LogP contribution < -0.4 is 4.90 Å². The summed E-state index contributed by atoms with van der Waals surface area (Å²) in [7, 11) is -3.49. The molecule has 6 nitrogen and oxygen atoms in total. The van der Waals surface area contributed by atoms with Crippen LogP contribution in [0, 0.1) is 12.7 Å². The van der Waals surface area contributed by atoms with Gasteiger partial charge in [-0.2, -0.15) is 4.31 Å². The van der Waals surface area contributed by atoms with Gasteiger partial charge in [0.25, 0.3) is 0 Å². The molecular formula is C19H25FN4O2S. The minimum Gasteiger partial charge on any atom is -0.338 e. The number of aromatic nitrogens is 2. The van der Waals surface area contributed by atoms with Gasteiger partial charge in [0, 0.05) is 38.1 Å². The molecule has 1 fully saturated rings. The van der Waals surface area contributed by atoms with E-state index in [1.165, 1.54) is 10.4 Å². The number of piperazine rings is 1. The van der Waals surface area contributed by atoms with E-state index >= 15 is 0 Å². The third-order valence-electron chi connectivity index (χ3n) is 4.76. The molecule has 1 aromatic carbocycles. The van der Waals surface area contributed by atoms with E-state index in [0.717, 1.165) is 5.69 Å². The largest absolute Gasteiger partial charge is 0.338 e. The molecule has 8 heteroatoms. The average Bonchev–Trinajstić information content (AvgIpc) is 2.65. The molecule has 1 aromatic heterocycles. The lowest BCUT2D eigenvalue weighted by atomic mass is 10.1. The highest BCUT2D eigenvalue weighted by Gasteiger charge is 2.28. The second kappa shape index (κ2) is 7.90. The molecule has 2 heterocycles. The van der Waals surface area contributed by atoms with Gasteiger partial charge < -0.3 is 4.90 Å². The second-order valence-electron chi connectivity index (χ2n) is 7.16. The van der Waals surface area contributed by atoms with Gasteiger partial charge in [-0.05, 0) is 36.1 Å². The van der Waals surface area contributed by atoms with Crippen LogP contribution >= 0.6 is 0 Å². The summed E-state index contributed by atoms with van der Waals surface area (Å²) in [5.74, 6) is 0.376. The van der Waals surface area contributed by atoms with Crippen molar-refractivity contribution in [1.82, 2.24) is 14.3 Å². The topological polar surface area (TPSA) is 66.4 Å². The number of rotatable bonds is 5. The van der Waals surface area contributed by atoms with Gasteiger partial charge >= 0.3 is 0 Å². The highest BCUT2D eigenvalue weighted by molar-refractivity contribution is 7.88. The van der Waals surface area contributed by atoms with Gasteiger partial charge in [-0.3, -0.25) is 0 Å². The Labute approximate surface area is 160 Å². The van der Waals surface area contributed by atoms with E-state index in [2.05, 4.69) is 23.8 Å². The minimum absolute atomic E-state index is 0.191. The second-order valence-corrected chi connectivity index (χ2v) is 9.13. The summed E-state index contributed by atoms with van der Waals surface area (Å²) < 4.78 is 40.5. The number of benzene rings is 1. The zero-order chi connectivity index (χ0) is 19.6. The average molecular weight is 393 g/mol. The first-order chi connectivity index (χ1) is 12.8. The number of sulfonamides is 1. The minimum atomic E-state index is -3.49. The number of nitrogens with zero attached hydrogens (tertiary/aromatic N) is 4. The summed E-state index contributed by atoms with van der Waals surface area (Å²) in [6, 6.07) is 6.47. The first-order valence-electron chi connectivity index (χ1n) is 9.07. The van der Waals surface area contributed by atoms with Crippen molar-refractivity contribution >= 4 is 16.0 Å². The number of aryl methyl sites for hydroxylation is 1. The Morgan fingerprint density at radius 1 is 1.15 bits per heavy atom. The number of anilines is 1. The molecule has 0 radical (unpaired) electrons. The molecule has 0 spiro atoms. The third kappa shape index (κ3) is 4.62. The van der Waals surface area contributed by atoms with Crippen LogP contribution in [0.15, 0.2) is 30.5 Å². The number of hydrogen-bond acceptors (Lipinski definition) is 5. The van der Waals surface area contributed by atoms with Crippen molar-refractivity contribution in [3.63, 3.8) is 0 Å². The number of halogens is 1. The van der Waals surface area contributed by atoms with Gasteiger partial charge in [0.1, 0.15) is 5.82 Å². The normalized spacial score (nSPS) is 16.1. The van der Waals surface area contributed by atoms with Crippen LogP contribution in [0.5, 0.6) is 0 Å². The Morgan fingerprint density at radius 2 is 1.85 bits per heavy atom. The van der Waals surface area contributed by atoms with Crippen LogP contribution in [0.1, 0.15) is 36.6 Å². The number of hydrogen-bond donors (Lipinski definition) is 0. The lowest BCUT2D eigenvalue weighted by Gasteiger charge is -2.34. The van der Waals surface area contributed by atoms with E-state index in [1.807, 2.05) is 11.0 Å².